The van der Waals surface area contributed by atoms with Gasteiger partial charge < -0.3 is 15.4 Å². The number of amides is 2. The third-order valence-corrected chi connectivity index (χ3v) is 4.48. The van der Waals surface area contributed by atoms with Crippen molar-refractivity contribution in [3.05, 3.63) is 90.8 Å². The number of nitrogens with one attached hydrogen (secondary N) is 2. The quantitative estimate of drug-likeness (QED) is 0.343. The van der Waals surface area contributed by atoms with Crippen molar-refractivity contribution in [3.8, 4) is 22.9 Å². The molecule has 2 aromatic carbocycles. The highest BCUT2D eigenvalue weighted by Gasteiger charge is 2.30. The molecule has 11 heteroatoms. The molecule has 34 heavy (non-hydrogen) atoms. The fourth-order valence-electron chi connectivity index (χ4n) is 2.95. The van der Waals surface area contributed by atoms with Gasteiger partial charge in [0.05, 0.1) is 22.5 Å². The standard InChI is InChI=1S/C23H15F4N5O2/c24-18-12-16(34-21-17(5-2-9-29-21)19-8-10-28-13-30-19)6-7-20(18)32-22(33)31-15-4-1-3-14(11-15)23(25,26)27/h1-13H,(H2,31,32,33). The average Bonchev–Trinajstić information content (AvgIpc) is 2.81. The average molecular weight is 469 g/mol. The monoisotopic (exact) mass is 469 g/mol. The number of ether oxygens (including phenoxy) is 1. The van der Waals surface area contributed by atoms with Crippen molar-refractivity contribution in [2.45, 2.75) is 6.18 Å². The number of carbonyl (C=O) groups excluding carboxylic acids is 1. The SMILES string of the molecule is O=C(Nc1cccc(C(F)(F)F)c1)Nc1ccc(Oc2ncccc2-c2ccncn2)cc1F. The summed E-state index contributed by atoms with van der Waals surface area (Å²) >= 11 is 0. The Morgan fingerprint density at radius 2 is 1.76 bits per heavy atom. The highest BCUT2D eigenvalue weighted by molar-refractivity contribution is 5.99. The molecule has 4 rings (SSSR count). The van der Waals surface area contributed by atoms with E-state index in [2.05, 4.69) is 25.6 Å². The summed E-state index contributed by atoms with van der Waals surface area (Å²) in [5, 5.41) is 4.49. The number of nitrogens with zero attached hydrogens (tertiary/aromatic N) is 3. The van der Waals surface area contributed by atoms with Gasteiger partial charge in [-0.15, -0.1) is 0 Å². The zero-order valence-electron chi connectivity index (χ0n) is 17.2. The number of alkyl halides is 3. The summed E-state index contributed by atoms with van der Waals surface area (Å²) < 4.78 is 58.7. The number of hydrogen-bond acceptors (Lipinski definition) is 5. The first-order valence-electron chi connectivity index (χ1n) is 9.74. The fraction of sp³-hybridized carbons (Fsp3) is 0.0435. The van der Waals surface area contributed by atoms with E-state index in [0.29, 0.717) is 11.3 Å². The smallest absolute Gasteiger partial charge is 0.416 e. The molecule has 0 fully saturated rings. The van der Waals surface area contributed by atoms with Gasteiger partial charge in [0.1, 0.15) is 17.9 Å². The second-order valence-electron chi connectivity index (χ2n) is 6.85. The molecule has 0 unspecified atom stereocenters. The summed E-state index contributed by atoms with van der Waals surface area (Å²) in [5.41, 5.74) is -0.0982. The van der Waals surface area contributed by atoms with Crippen LogP contribution in [0.4, 0.5) is 33.7 Å². The molecule has 2 amide bonds. The van der Waals surface area contributed by atoms with Crippen LogP contribution in [0.1, 0.15) is 5.56 Å². The molecule has 2 aromatic heterocycles. The first-order chi connectivity index (χ1) is 16.3. The van der Waals surface area contributed by atoms with Gasteiger partial charge in [-0.05, 0) is 48.5 Å². The third kappa shape index (κ3) is 5.44. The molecule has 2 N–H and O–H groups in total. The maximum atomic E-state index is 14.6. The van der Waals surface area contributed by atoms with E-state index in [4.69, 9.17) is 4.74 Å². The Labute approximate surface area is 190 Å². The molecular weight excluding hydrogens is 454 g/mol. The third-order valence-electron chi connectivity index (χ3n) is 4.48. The van der Waals surface area contributed by atoms with Crippen LogP contribution in [0.25, 0.3) is 11.3 Å². The minimum absolute atomic E-state index is 0.0971. The molecule has 0 atom stereocenters. The summed E-state index contributed by atoms with van der Waals surface area (Å²) in [7, 11) is 0. The minimum atomic E-state index is -4.56. The Kier molecular flexibility index (Phi) is 6.35. The van der Waals surface area contributed by atoms with Crippen molar-refractivity contribution in [1.82, 2.24) is 15.0 Å². The number of carbonyl (C=O) groups is 1. The van der Waals surface area contributed by atoms with Crippen LogP contribution in [0.3, 0.4) is 0 Å². The number of halogens is 4. The van der Waals surface area contributed by atoms with Crippen LogP contribution in [-0.2, 0) is 6.18 Å². The van der Waals surface area contributed by atoms with Gasteiger partial charge in [0, 0.05) is 24.1 Å². The number of rotatable bonds is 5. The number of aromatic nitrogens is 3. The Morgan fingerprint density at radius 1 is 0.912 bits per heavy atom. The zero-order valence-corrected chi connectivity index (χ0v) is 17.2. The molecular formula is C23H15F4N5O2. The van der Waals surface area contributed by atoms with Crippen LogP contribution in [0.2, 0.25) is 0 Å². The van der Waals surface area contributed by atoms with Gasteiger partial charge >= 0.3 is 12.2 Å². The van der Waals surface area contributed by atoms with Gasteiger partial charge in [-0.2, -0.15) is 13.2 Å². The summed E-state index contributed by atoms with van der Waals surface area (Å²) in [6.45, 7) is 0. The Bertz CT molecular complexity index is 1320. The van der Waals surface area contributed by atoms with Crippen LogP contribution >= 0.6 is 0 Å². The topological polar surface area (TPSA) is 89.0 Å². The molecule has 172 valence electrons. The summed E-state index contributed by atoms with van der Waals surface area (Å²) in [6.07, 6.45) is -0.123. The lowest BCUT2D eigenvalue weighted by Crippen LogP contribution is -2.20. The molecule has 0 aliphatic heterocycles. The predicted octanol–water partition coefficient (Wildman–Crippen LogP) is 6.13. The van der Waals surface area contributed by atoms with Gasteiger partial charge in [0.2, 0.25) is 5.88 Å². The van der Waals surface area contributed by atoms with E-state index in [1.165, 1.54) is 30.7 Å². The second kappa shape index (κ2) is 9.53. The Hall–Kier alpha value is -4.54. The number of anilines is 2. The Balaban J connectivity index is 1.46. The molecule has 0 spiro atoms. The van der Waals surface area contributed by atoms with Gasteiger partial charge in [-0.1, -0.05) is 6.07 Å². The lowest BCUT2D eigenvalue weighted by molar-refractivity contribution is -0.137. The maximum Gasteiger partial charge on any atom is 0.416 e. The first kappa shape index (κ1) is 22.6. The summed E-state index contributed by atoms with van der Waals surface area (Å²) in [4.78, 5) is 24.3. The van der Waals surface area contributed by atoms with Crippen molar-refractivity contribution >= 4 is 17.4 Å². The van der Waals surface area contributed by atoms with Crippen molar-refractivity contribution in [2.24, 2.45) is 0 Å². The molecule has 0 bridgehead atoms. The summed E-state index contributed by atoms with van der Waals surface area (Å²) in [6, 6.07) is 12.0. The van der Waals surface area contributed by atoms with Crippen LogP contribution < -0.4 is 15.4 Å². The van der Waals surface area contributed by atoms with E-state index in [1.807, 2.05) is 0 Å². The molecule has 0 radical (unpaired) electrons. The van der Waals surface area contributed by atoms with Crippen LogP contribution in [0.5, 0.6) is 11.6 Å². The van der Waals surface area contributed by atoms with Gasteiger partial charge in [0.15, 0.2) is 0 Å². The van der Waals surface area contributed by atoms with E-state index in [1.54, 1.807) is 24.4 Å². The highest BCUT2D eigenvalue weighted by atomic mass is 19.4. The first-order valence-corrected chi connectivity index (χ1v) is 9.74. The lowest BCUT2D eigenvalue weighted by atomic mass is 10.2. The zero-order chi connectivity index (χ0) is 24.1. The van der Waals surface area contributed by atoms with Crippen LogP contribution in [-0.4, -0.2) is 21.0 Å². The highest BCUT2D eigenvalue weighted by Crippen LogP contribution is 2.32. The molecule has 2 heterocycles. The lowest BCUT2D eigenvalue weighted by Gasteiger charge is -2.12. The van der Waals surface area contributed by atoms with Gasteiger partial charge in [-0.3, -0.25) is 0 Å². The van der Waals surface area contributed by atoms with E-state index < -0.39 is 23.6 Å². The van der Waals surface area contributed by atoms with E-state index >= 15 is 0 Å². The second-order valence-corrected chi connectivity index (χ2v) is 6.85. The number of benzene rings is 2. The number of pyridine rings is 1. The molecule has 7 nitrogen and oxygen atoms in total. The van der Waals surface area contributed by atoms with Crippen LogP contribution in [0.15, 0.2) is 79.4 Å². The van der Waals surface area contributed by atoms with Gasteiger partial charge in [-0.25, -0.2) is 24.1 Å². The van der Waals surface area contributed by atoms with E-state index in [-0.39, 0.29) is 23.0 Å². The van der Waals surface area contributed by atoms with Crippen LogP contribution in [0, 0.1) is 5.82 Å². The molecule has 0 saturated heterocycles. The molecule has 0 saturated carbocycles. The van der Waals surface area contributed by atoms with E-state index in [0.717, 1.165) is 24.3 Å². The fourth-order valence-corrected chi connectivity index (χ4v) is 2.95. The van der Waals surface area contributed by atoms with Gasteiger partial charge in [0.25, 0.3) is 0 Å². The maximum absolute atomic E-state index is 14.6. The largest absolute Gasteiger partial charge is 0.438 e. The molecule has 0 aliphatic carbocycles. The minimum Gasteiger partial charge on any atom is -0.438 e. The normalized spacial score (nSPS) is 11.1. The van der Waals surface area contributed by atoms with E-state index in [9.17, 15) is 22.4 Å². The predicted molar refractivity (Wildman–Crippen MR) is 116 cm³/mol. The molecule has 4 aromatic rings. The number of urea groups is 1. The summed E-state index contributed by atoms with van der Waals surface area (Å²) in [5.74, 6) is -0.532. The van der Waals surface area contributed by atoms with Crippen molar-refractivity contribution in [2.75, 3.05) is 10.6 Å². The Morgan fingerprint density at radius 3 is 2.50 bits per heavy atom. The van der Waals surface area contributed by atoms with Crippen molar-refractivity contribution in [1.29, 1.82) is 0 Å². The number of hydrogen-bond donors (Lipinski definition) is 2. The van der Waals surface area contributed by atoms with Crippen molar-refractivity contribution < 1.29 is 27.1 Å². The molecule has 0 aliphatic rings. The van der Waals surface area contributed by atoms with Crippen molar-refractivity contribution in [3.63, 3.8) is 0 Å².